The number of pyridine rings is 1. The molecule has 0 radical (unpaired) electrons. The van der Waals surface area contributed by atoms with E-state index >= 15 is 0 Å². The van der Waals surface area contributed by atoms with Gasteiger partial charge in [0.25, 0.3) is 0 Å². The van der Waals surface area contributed by atoms with Gasteiger partial charge in [-0.15, -0.1) is 0 Å². The number of nitriles is 1. The van der Waals surface area contributed by atoms with Crippen LogP contribution in [0.25, 0.3) is 10.9 Å². The van der Waals surface area contributed by atoms with Gasteiger partial charge in [-0.05, 0) is 26.0 Å². The highest BCUT2D eigenvalue weighted by molar-refractivity contribution is 5.83. The van der Waals surface area contributed by atoms with Gasteiger partial charge in [-0.2, -0.15) is 5.26 Å². The molecule has 0 aliphatic carbocycles. The fourth-order valence-electron chi connectivity index (χ4n) is 2.75. The highest BCUT2D eigenvalue weighted by Gasteiger charge is 2.27. The average molecular weight is 266 g/mol. The maximum Gasteiger partial charge on any atom is 0.147 e. The molecule has 1 saturated heterocycles. The zero-order chi connectivity index (χ0) is 14.2. The summed E-state index contributed by atoms with van der Waals surface area (Å²) in [5.41, 5.74) is 1.64. The fourth-order valence-corrected chi connectivity index (χ4v) is 2.75. The first-order chi connectivity index (χ1) is 9.59. The molecule has 0 unspecified atom stereocenters. The van der Waals surface area contributed by atoms with Crippen LogP contribution in [0.2, 0.25) is 0 Å². The molecule has 2 aromatic rings. The van der Waals surface area contributed by atoms with Crippen LogP contribution in [0, 0.1) is 11.3 Å². The zero-order valence-corrected chi connectivity index (χ0v) is 11.8. The summed E-state index contributed by atoms with van der Waals surface area (Å²) in [6.45, 7) is 6.99. The largest absolute Gasteiger partial charge is 0.352 e. The van der Waals surface area contributed by atoms with E-state index in [-0.39, 0.29) is 5.54 Å². The molecule has 1 aliphatic rings. The number of rotatable bonds is 1. The Morgan fingerprint density at radius 2 is 2.15 bits per heavy atom. The van der Waals surface area contributed by atoms with Gasteiger partial charge in [0, 0.05) is 30.6 Å². The quantitative estimate of drug-likeness (QED) is 0.860. The molecule has 0 bridgehead atoms. The highest BCUT2D eigenvalue weighted by atomic mass is 15.3. The van der Waals surface area contributed by atoms with E-state index in [9.17, 15) is 5.26 Å². The van der Waals surface area contributed by atoms with Crippen molar-refractivity contribution in [2.24, 2.45) is 0 Å². The number of aromatic nitrogens is 1. The predicted octanol–water partition coefficient (Wildman–Crippen LogP) is 2.29. The smallest absolute Gasteiger partial charge is 0.147 e. The van der Waals surface area contributed by atoms with E-state index in [1.807, 2.05) is 30.3 Å². The summed E-state index contributed by atoms with van der Waals surface area (Å²) in [6, 6.07) is 12.2. The first-order valence-corrected chi connectivity index (χ1v) is 6.89. The molecule has 1 aliphatic heterocycles. The number of hydrogen-bond acceptors (Lipinski definition) is 4. The maximum atomic E-state index is 9.41. The summed E-state index contributed by atoms with van der Waals surface area (Å²) in [7, 11) is 0. The van der Waals surface area contributed by atoms with Gasteiger partial charge < -0.3 is 10.2 Å². The topological polar surface area (TPSA) is 52.0 Å². The van der Waals surface area contributed by atoms with Crippen molar-refractivity contribution in [2.45, 2.75) is 19.4 Å². The third kappa shape index (κ3) is 2.33. The van der Waals surface area contributed by atoms with Crippen molar-refractivity contribution in [1.29, 1.82) is 5.26 Å². The Balaban J connectivity index is 2.08. The van der Waals surface area contributed by atoms with E-state index < -0.39 is 0 Å². The number of hydrogen-bond donors (Lipinski definition) is 1. The summed E-state index contributed by atoms with van der Waals surface area (Å²) >= 11 is 0. The van der Waals surface area contributed by atoms with Crippen molar-refractivity contribution in [2.75, 3.05) is 24.5 Å². The van der Waals surface area contributed by atoms with Gasteiger partial charge in [0.05, 0.1) is 11.1 Å². The first kappa shape index (κ1) is 12.9. The second kappa shape index (κ2) is 4.77. The van der Waals surface area contributed by atoms with E-state index in [0.29, 0.717) is 5.56 Å². The highest BCUT2D eigenvalue weighted by Crippen LogP contribution is 2.25. The van der Waals surface area contributed by atoms with Gasteiger partial charge in [-0.1, -0.05) is 18.2 Å². The van der Waals surface area contributed by atoms with Crippen LogP contribution in [0.3, 0.4) is 0 Å². The Morgan fingerprint density at radius 1 is 1.35 bits per heavy atom. The summed E-state index contributed by atoms with van der Waals surface area (Å²) in [6.07, 6.45) is 0. The number of fused-ring (bicyclic) bond motifs is 1. The molecule has 2 heterocycles. The van der Waals surface area contributed by atoms with Crippen molar-refractivity contribution in [3.8, 4) is 6.07 Å². The second-order valence-corrected chi connectivity index (χ2v) is 5.90. The lowest BCUT2D eigenvalue weighted by Gasteiger charge is -2.40. The number of para-hydroxylation sites is 1. The number of benzene rings is 1. The Hall–Kier alpha value is -2.12. The monoisotopic (exact) mass is 266 g/mol. The molecule has 0 atom stereocenters. The van der Waals surface area contributed by atoms with Crippen molar-refractivity contribution in [3.63, 3.8) is 0 Å². The Bertz CT molecular complexity index is 684. The van der Waals surface area contributed by atoms with Crippen LogP contribution in [0.15, 0.2) is 30.3 Å². The number of nitrogens with one attached hydrogen (secondary N) is 1. The molecule has 20 heavy (non-hydrogen) atoms. The molecular formula is C16H18N4. The van der Waals surface area contributed by atoms with Gasteiger partial charge in [0.15, 0.2) is 0 Å². The van der Waals surface area contributed by atoms with E-state index in [2.05, 4.69) is 30.1 Å². The van der Waals surface area contributed by atoms with Gasteiger partial charge in [0.1, 0.15) is 11.9 Å². The first-order valence-electron chi connectivity index (χ1n) is 6.89. The van der Waals surface area contributed by atoms with Gasteiger partial charge in [-0.3, -0.25) is 0 Å². The van der Waals surface area contributed by atoms with Gasteiger partial charge in [0.2, 0.25) is 0 Å². The molecule has 0 amide bonds. The van der Waals surface area contributed by atoms with Crippen LogP contribution in [0.1, 0.15) is 19.4 Å². The van der Waals surface area contributed by atoms with Gasteiger partial charge >= 0.3 is 0 Å². The Labute approximate surface area is 119 Å². The van der Waals surface area contributed by atoms with Crippen LogP contribution in [-0.4, -0.2) is 30.2 Å². The average Bonchev–Trinajstić information content (AvgIpc) is 2.44. The van der Waals surface area contributed by atoms with Crippen LogP contribution in [0.5, 0.6) is 0 Å². The third-order valence-corrected chi connectivity index (χ3v) is 3.70. The SMILES string of the molecule is CC1(C)CN(c2nc3ccccc3cc2C#N)CCN1. The van der Waals surface area contributed by atoms with Gasteiger partial charge in [-0.25, -0.2) is 4.98 Å². The molecule has 1 N–H and O–H groups in total. The molecular weight excluding hydrogens is 248 g/mol. The van der Waals surface area contributed by atoms with Crippen LogP contribution in [0.4, 0.5) is 5.82 Å². The molecule has 1 fully saturated rings. The fraction of sp³-hybridized carbons (Fsp3) is 0.375. The molecule has 4 nitrogen and oxygen atoms in total. The lowest BCUT2D eigenvalue weighted by atomic mass is 10.0. The van der Waals surface area contributed by atoms with Crippen LogP contribution >= 0.6 is 0 Å². The molecule has 1 aromatic heterocycles. The third-order valence-electron chi connectivity index (χ3n) is 3.70. The standard InChI is InChI=1S/C16H18N4/c1-16(2)11-20(8-7-18-16)15-13(10-17)9-12-5-3-4-6-14(12)19-15/h3-6,9,18H,7-8,11H2,1-2H3. The van der Waals surface area contributed by atoms with Crippen molar-refractivity contribution < 1.29 is 0 Å². The number of piperazine rings is 1. The predicted molar refractivity (Wildman–Crippen MR) is 80.8 cm³/mol. The molecule has 0 spiro atoms. The van der Waals surface area contributed by atoms with E-state index in [1.54, 1.807) is 0 Å². The lowest BCUT2D eigenvalue weighted by Crippen LogP contribution is -2.57. The number of nitrogens with zero attached hydrogens (tertiary/aromatic N) is 3. The van der Waals surface area contributed by atoms with E-state index in [0.717, 1.165) is 36.4 Å². The summed E-state index contributed by atoms with van der Waals surface area (Å²) in [4.78, 5) is 6.92. The maximum absolute atomic E-state index is 9.41. The van der Waals surface area contributed by atoms with E-state index in [1.165, 1.54) is 0 Å². The minimum atomic E-state index is 0.0400. The van der Waals surface area contributed by atoms with E-state index in [4.69, 9.17) is 4.98 Å². The van der Waals surface area contributed by atoms with Crippen molar-refractivity contribution >= 4 is 16.7 Å². The Morgan fingerprint density at radius 3 is 2.90 bits per heavy atom. The van der Waals surface area contributed by atoms with Crippen molar-refractivity contribution in [3.05, 3.63) is 35.9 Å². The normalized spacial score (nSPS) is 17.9. The summed E-state index contributed by atoms with van der Waals surface area (Å²) in [5.74, 6) is 0.806. The molecule has 0 saturated carbocycles. The van der Waals surface area contributed by atoms with Crippen LogP contribution < -0.4 is 10.2 Å². The molecule has 1 aromatic carbocycles. The minimum absolute atomic E-state index is 0.0400. The second-order valence-electron chi connectivity index (χ2n) is 5.90. The Kier molecular flexibility index (Phi) is 3.07. The van der Waals surface area contributed by atoms with Crippen molar-refractivity contribution in [1.82, 2.24) is 10.3 Å². The molecule has 3 rings (SSSR count). The lowest BCUT2D eigenvalue weighted by molar-refractivity contribution is 0.352. The van der Waals surface area contributed by atoms with Crippen LogP contribution in [-0.2, 0) is 0 Å². The molecule has 102 valence electrons. The molecule has 4 heteroatoms. The number of anilines is 1. The summed E-state index contributed by atoms with van der Waals surface area (Å²) in [5, 5.41) is 13.9. The zero-order valence-electron chi connectivity index (χ0n) is 11.8. The minimum Gasteiger partial charge on any atom is -0.352 e. The summed E-state index contributed by atoms with van der Waals surface area (Å²) < 4.78 is 0.